The van der Waals surface area contributed by atoms with E-state index in [1.807, 2.05) is 16.8 Å². The fourth-order valence-electron chi connectivity index (χ4n) is 2.27. The summed E-state index contributed by atoms with van der Waals surface area (Å²) in [4.78, 5) is 0. The molecule has 0 saturated heterocycles. The van der Waals surface area contributed by atoms with Gasteiger partial charge in [0, 0.05) is 18.6 Å². The first kappa shape index (κ1) is 13.6. The molecule has 1 N–H and O–H groups in total. The molecule has 0 amide bonds. The number of aryl methyl sites for hydroxylation is 2. The van der Waals surface area contributed by atoms with Crippen LogP contribution in [0.1, 0.15) is 23.7 Å². The summed E-state index contributed by atoms with van der Waals surface area (Å²) in [5, 5.41) is 13.8. The van der Waals surface area contributed by atoms with Crippen LogP contribution in [0.5, 0.6) is 5.88 Å². The molecule has 1 heterocycles. The van der Waals surface area contributed by atoms with Crippen molar-refractivity contribution in [3.8, 4) is 11.6 Å². The summed E-state index contributed by atoms with van der Waals surface area (Å²) in [6.45, 7) is 4.21. The molecule has 0 atom stereocenters. The molecule has 4 nitrogen and oxygen atoms in total. The second-order valence-electron chi connectivity index (χ2n) is 4.51. The third-order valence-corrected chi connectivity index (χ3v) is 3.16. The van der Waals surface area contributed by atoms with E-state index in [4.69, 9.17) is 4.74 Å². The standard InChI is InChI=1S/C15H20N2O2/c1-4-14-13(8-9-18)15(19-3)17(16-14)12-7-5-6-11(2)10-12/h5-7,10,18H,4,8-9H2,1-3H3. The van der Waals surface area contributed by atoms with Crippen LogP contribution in [-0.4, -0.2) is 28.6 Å². The van der Waals surface area contributed by atoms with Gasteiger partial charge in [-0.25, -0.2) is 4.68 Å². The van der Waals surface area contributed by atoms with Crippen LogP contribution in [0.2, 0.25) is 0 Å². The van der Waals surface area contributed by atoms with Crippen LogP contribution in [0.3, 0.4) is 0 Å². The molecule has 102 valence electrons. The fraction of sp³-hybridized carbons (Fsp3) is 0.400. The third-order valence-electron chi connectivity index (χ3n) is 3.16. The summed E-state index contributed by atoms with van der Waals surface area (Å²) in [5.74, 6) is 0.719. The number of benzene rings is 1. The van der Waals surface area contributed by atoms with Crippen molar-refractivity contribution in [3.63, 3.8) is 0 Å². The van der Waals surface area contributed by atoms with Crippen molar-refractivity contribution < 1.29 is 9.84 Å². The highest BCUT2D eigenvalue weighted by Gasteiger charge is 2.18. The van der Waals surface area contributed by atoms with Crippen molar-refractivity contribution in [2.75, 3.05) is 13.7 Å². The molecule has 0 aliphatic rings. The number of rotatable bonds is 5. The first-order valence-corrected chi connectivity index (χ1v) is 6.54. The minimum Gasteiger partial charge on any atom is -0.481 e. The number of hydrogen-bond acceptors (Lipinski definition) is 3. The third kappa shape index (κ3) is 2.63. The zero-order valence-electron chi connectivity index (χ0n) is 11.7. The lowest BCUT2D eigenvalue weighted by atomic mass is 10.1. The monoisotopic (exact) mass is 260 g/mol. The first-order chi connectivity index (χ1) is 9.21. The Balaban J connectivity index is 2.56. The Morgan fingerprint density at radius 2 is 2.16 bits per heavy atom. The zero-order chi connectivity index (χ0) is 13.8. The highest BCUT2D eigenvalue weighted by atomic mass is 16.5. The molecular weight excluding hydrogens is 240 g/mol. The van der Waals surface area contributed by atoms with Gasteiger partial charge >= 0.3 is 0 Å². The van der Waals surface area contributed by atoms with Gasteiger partial charge in [0.1, 0.15) is 0 Å². The normalized spacial score (nSPS) is 10.7. The number of aliphatic hydroxyl groups excluding tert-OH is 1. The lowest BCUT2D eigenvalue weighted by Crippen LogP contribution is -2.01. The van der Waals surface area contributed by atoms with E-state index in [-0.39, 0.29) is 6.61 Å². The quantitative estimate of drug-likeness (QED) is 0.897. The topological polar surface area (TPSA) is 47.3 Å². The van der Waals surface area contributed by atoms with Crippen LogP contribution in [0.4, 0.5) is 0 Å². The average molecular weight is 260 g/mol. The van der Waals surface area contributed by atoms with Gasteiger partial charge in [-0.2, -0.15) is 5.10 Å². The van der Waals surface area contributed by atoms with Gasteiger partial charge in [0.25, 0.3) is 0 Å². The second-order valence-corrected chi connectivity index (χ2v) is 4.51. The Labute approximate surface area is 113 Å². The maximum Gasteiger partial charge on any atom is 0.220 e. The van der Waals surface area contributed by atoms with Gasteiger partial charge in [-0.3, -0.25) is 0 Å². The Bertz CT molecular complexity index is 561. The van der Waals surface area contributed by atoms with E-state index in [2.05, 4.69) is 31.1 Å². The van der Waals surface area contributed by atoms with E-state index >= 15 is 0 Å². The van der Waals surface area contributed by atoms with Crippen LogP contribution in [0, 0.1) is 6.92 Å². The van der Waals surface area contributed by atoms with Crippen molar-refractivity contribution in [1.82, 2.24) is 9.78 Å². The smallest absolute Gasteiger partial charge is 0.220 e. The second kappa shape index (κ2) is 5.89. The first-order valence-electron chi connectivity index (χ1n) is 6.54. The summed E-state index contributed by atoms with van der Waals surface area (Å²) in [6, 6.07) is 8.13. The molecule has 0 fully saturated rings. The van der Waals surface area contributed by atoms with E-state index < -0.39 is 0 Å². The Hall–Kier alpha value is -1.81. The molecule has 0 aliphatic carbocycles. The van der Waals surface area contributed by atoms with Crippen LogP contribution < -0.4 is 4.74 Å². The molecule has 1 aromatic carbocycles. The summed E-state index contributed by atoms with van der Waals surface area (Å²) in [6.07, 6.45) is 1.39. The molecule has 4 heteroatoms. The van der Waals surface area contributed by atoms with E-state index in [1.54, 1.807) is 7.11 Å². The number of methoxy groups -OCH3 is 1. The highest BCUT2D eigenvalue weighted by molar-refractivity contribution is 5.43. The van der Waals surface area contributed by atoms with Crippen LogP contribution in [0.15, 0.2) is 24.3 Å². The molecule has 2 aromatic rings. The minimum absolute atomic E-state index is 0.100. The summed E-state index contributed by atoms with van der Waals surface area (Å²) in [7, 11) is 1.64. The molecular formula is C15H20N2O2. The predicted molar refractivity (Wildman–Crippen MR) is 75.0 cm³/mol. The number of ether oxygens (including phenoxy) is 1. The molecule has 2 rings (SSSR count). The van der Waals surface area contributed by atoms with Crippen LogP contribution in [-0.2, 0) is 12.8 Å². The van der Waals surface area contributed by atoms with Gasteiger partial charge in [0.15, 0.2) is 0 Å². The molecule has 19 heavy (non-hydrogen) atoms. The Morgan fingerprint density at radius 3 is 2.74 bits per heavy atom. The van der Waals surface area contributed by atoms with Gasteiger partial charge in [-0.05, 0) is 31.0 Å². The number of aliphatic hydroxyl groups is 1. The largest absolute Gasteiger partial charge is 0.481 e. The molecule has 0 unspecified atom stereocenters. The van der Waals surface area contributed by atoms with Gasteiger partial charge < -0.3 is 9.84 Å². The minimum atomic E-state index is 0.100. The van der Waals surface area contributed by atoms with Crippen molar-refractivity contribution in [2.45, 2.75) is 26.7 Å². The number of aromatic nitrogens is 2. The van der Waals surface area contributed by atoms with Gasteiger partial charge in [-0.1, -0.05) is 19.1 Å². The molecule has 1 aromatic heterocycles. The lowest BCUT2D eigenvalue weighted by molar-refractivity contribution is 0.295. The van der Waals surface area contributed by atoms with Crippen LogP contribution in [0.25, 0.3) is 5.69 Å². The van der Waals surface area contributed by atoms with Crippen molar-refractivity contribution in [2.24, 2.45) is 0 Å². The number of hydrogen-bond donors (Lipinski definition) is 1. The molecule has 0 radical (unpaired) electrons. The SMILES string of the molecule is CCc1nn(-c2cccc(C)c2)c(OC)c1CCO. The van der Waals surface area contributed by atoms with Gasteiger partial charge in [-0.15, -0.1) is 0 Å². The molecule has 0 spiro atoms. The number of nitrogens with zero attached hydrogens (tertiary/aromatic N) is 2. The summed E-state index contributed by atoms with van der Waals surface area (Å²) >= 11 is 0. The predicted octanol–water partition coefficient (Wildman–Crippen LogP) is 2.29. The highest BCUT2D eigenvalue weighted by Crippen LogP contribution is 2.27. The van der Waals surface area contributed by atoms with Gasteiger partial charge in [0.2, 0.25) is 5.88 Å². The van der Waals surface area contributed by atoms with Gasteiger partial charge in [0.05, 0.1) is 18.5 Å². The van der Waals surface area contributed by atoms with E-state index in [1.165, 1.54) is 5.56 Å². The van der Waals surface area contributed by atoms with E-state index in [9.17, 15) is 5.11 Å². The zero-order valence-corrected chi connectivity index (χ0v) is 11.7. The van der Waals surface area contributed by atoms with E-state index in [0.29, 0.717) is 6.42 Å². The van der Waals surface area contributed by atoms with Crippen molar-refractivity contribution in [1.29, 1.82) is 0 Å². The van der Waals surface area contributed by atoms with Crippen LogP contribution >= 0.6 is 0 Å². The summed E-state index contributed by atoms with van der Waals surface area (Å²) < 4.78 is 7.31. The van der Waals surface area contributed by atoms with Crippen molar-refractivity contribution >= 4 is 0 Å². The molecule has 0 saturated carbocycles. The lowest BCUT2D eigenvalue weighted by Gasteiger charge is -2.08. The summed E-state index contributed by atoms with van der Waals surface area (Å²) in [5.41, 5.74) is 4.13. The average Bonchev–Trinajstić information content (AvgIpc) is 2.77. The fourth-order valence-corrected chi connectivity index (χ4v) is 2.27. The maximum atomic E-state index is 9.19. The Kier molecular flexibility index (Phi) is 4.22. The maximum absolute atomic E-state index is 9.19. The van der Waals surface area contributed by atoms with Crippen molar-refractivity contribution in [3.05, 3.63) is 41.1 Å². The molecule has 0 bridgehead atoms. The van der Waals surface area contributed by atoms with E-state index in [0.717, 1.165) is 29.2 Å². The molecule has 0 aliphatic heterocycles. The Morgan fingerprint density at radius 1 is 1.37 bits per heavy atom.